The largest absolute Gasteiger partial charge is 0.357 e. The second-order valence-corrected chi connectivity index (χ2v) is 5.08. The summed E-state index contributed by atoms with van der Waals surface area (Å²) in [6.07, 6.45) is 8.25. The fraction of sp³-hybridized carbons (Fsp3) is 0.733. The van der Waals surface area contributed by atoms with E-state index in [0.717, 1.165) is 25.3 Å². The lowest BCUT2D eigenvalue weighted by Gasteiger charge is -2.22. The molecule has 3 N–H and O–H groups in total. The minimum atomic E-state index is 0.111. The highest BCUT2D eigenvalue weighted by Crippen LogP contribution is 2.17. The summed E-state index contributed by atoms with van der Waals surface area (Å²) in [4.78, 5) is 16.2. The van der Waals surface area contributed by atoms with E-state index in [1.54, 1.807) is 6.08 Å². The number of rotatable bonds is 7. The normalized spacial score (nSPS) is 16.6. The molecule has 0 unspecified atom stereocenters. The van der Waals surface area contributed by atoms with Crippen LogP contribution in [0.15, 0.2) is 17.6 Å². The van der Waals surface area contributed by atoms with Gasteiger partial charge in [-0.1, -0.05) is 25.3 Å². The first-order valence-corrected chi connectivity index (χ1v) is 7.68. The van der Waals surface area contributed by atoms with Crippen LogP contribution in [0.2, 0.25) is 0 Å². The van der Waals surface area contributed by atoms with Crippen molar-refractivity contribution in [3.8, 4) is 0 Å². The van der Waals surface area contributed by atoms with Gasteiger partial charge in [-0.05, 0) is 19.8 Å². The van der Waals surface area contributed by atoms with Crippen molar-refractivity contribution in [2.75, 3.05) is 19.6 Å². The Hall–Kier alpha value is -1.52. The van der Waals surface area contributed by atoms with Crippen LogP contribution in [0.25, 0.3) is 0 Å². The van der Waals surface area contributed by atoms with E-state index in [0.29, 0.717) is 25.6 Å². The summed E-state index contributed by atoms with van der Waals surface area (Å²) in [5.41, 5.74) is 0. The lowest BCUT2D eigenvalue weighted by molar-refractivity contribution is -0.121. The average molecular weight is 280 g/mol. The number of nitrogens with zero attached hydrogens (tertiary/aromatic N) is 1. The number of hydrogen-bond donors (Lipinski definition) is 3. The van der Waals surface area contributed by atoms with E-state index >= 15 is 0 Å². The highest BCUT2D eigenvalue weighted by atomic mass is 16.1. The molecule has 0 heterocycles. The second-order valence-electron chi connectivity index (χ2n) is 5.08. The molecule has 0 atom stereocenters. The Kier molecular flexibility index (Phi) is 8.51. The molecule has 0 radical (unpaired) electrons. The van der Waals surface area contributed by atoms with Crippen LogP contribution in [0.3, 0.4) is 0 Å². The van der Waals surface area contributed by atoms with Gasteiger partial charge in [0.25, 0.3) is 0 Å². The van der Waals surface area contributed by atoms with E-state index < -0.39 is 0 Å². The van der Waals surface area contributed by atoms with Crippen molar-refractivity contribution in [2.45, 2.75) is 51.5 Å². The van der Waals surface area contributed by atoms with Gasteiger partial charge < -0.3 is 16.0 Å². The third-order valence-electron chi connectivity index (χ3n) is 3.34. The smallest absolute Gasteiger partial charge is 0.222 e. The van der Waals surface area contributed by atoms with Crippen LogP contribution in [0.1, 0.15) is 45.4 Å². The highest BCUT2D eigenvalue weighted by Gasteiger charge is 2.15. The SMILES string of the molecule is C=CCNC(=NCCC(=O)NC1CCCCC1)NCC. The van der Waals surface area contributed by atoms with Gasteiger partial charge in [-0.3, -0.25) is 9.79 Å². The fourth-order valence-electron chi connectivity index (χ4n) is 2.33. The average Bonchev–Trinajstić information content (AvgIpc) is 2.45. The van der Waals surface area contributed by atoms with Crippen molar-refractivity contribution < 1.29 is 4.79 Å². The lowest BCUT2D eigenvalue weighted by atomic mass is 9.95. The predicted molar refractivity (Wildman–Crippen MR) is 83.8 cm³/mol. The number of aliphatic imine (C=N–C) groups is 1. The van der Waals surface area contributed by atoms with Gasteiger partial charge in [0.15, 0.2) is 5.96 Å². The monoisotopic (exact) mass is 280 g/mol. The van der Waals surface area contributed by atoms with E-state index in [1.807, 2.05) is 6.92 Å². The van der Waals surface area contributed by atoms with E-state index in [2.05, 4.69) is 27.5 Å². The van der Waals surface area contributed by atoms with Crippen LogP contribution < -0.4 is 16.0 Å². The van der Waals surface area contributed by atoms with Crippen LogP contribution in [-0.4, -0.2) is 37.5 Å². The highest BCUT2D eigenvalue weighted by molar-refractivity contribution is 5.81. The molecule has 0 saturated heterocycles. The molecule has 1 amide bonds. The molecule has 0 bridgehead atoms. The van der Waals surface area contributed by atoms with Crippen molar-refractivity contribution >= 4 is 11.9 Å². The molecule has 0 aliphatic heterocycles. The number of carbonyl (C=O) groups is 1. The lowest BCUT2D eigenvalue weighted by Crippen LogP contribution is -2.38. The van der Waals surface area contributed by atoms with Gasteiger partial charge in [0.1, 0.15) is 0 Å². The summed E-state index contributed by atoms with van der Waals surface area (Å²) in [5, 5.41) is 9.35. The summed E-state index contributed by atoms with van der Waals surface area (Å²) in [6, 6.07) is 0.382. The molecule has 20 heavy (non-hydrogen) atoms. The van der Waals surface area contributed by atoms with Crippen molar-refractivity contribution in [1.29, 1.82) is 0 Å². The topological polar surface area (TPSA) is 65.5 Å². The Bertz CT molecular complexity index is 322. The summed E-state index contributed by atoms with van der Waals surface area (Å²) in [6.45, 7) is 7.65. The van der Waals surface area contributed by atoms with E-state index in [-0.39, 0.29) is 5.91 Å². The summed E-state index contributed by atoms with van der Waals surface area (Å²) in [7, 11) is 0. The van der Waals surface area contributed by atoms with Crippen LogP contribution in [0.5, 0.6) is 0 Å². The number of carbonyl (C=O) groups excluding carboxylic acids is 1. The molecule has 114 valence electrons. The first-order valence-electron chi connectivity index (χ1n) is 7.68. The molecule has 1 aliphatic rings. The molecule has 1 aliphatic carbocycles. The summed E-state index contributed by atoms with van der Waals surface area (Å²) in [5.74, 6) is 0.845. The second kappa shape index (κ2) is 10.3. The summed E-state index contributed by atoms with van der Waals surface area (Å²) < 4.78 is 0. The minimum Gasteiger partial charge on any atom is -0.357 e. The molecule has 5 heteroatoms. The molecule has 0 aromatic heterocycles. The van der Waals surface area contributed by atoms with Crippen molar-refractivity contribution in [3.05, 3.63) is 12.7 Å². The van der Waals surface area contributed by atoms with Crippen LogP contribution in [0.4, 0.5) is 0 Å². The maximum atomic E-state index is 11.8. The Morgan fingerprint density at radius 1 is 1.30 bits per heavy atom. The maximum absolute atomic E-state index is 11.8. The first kappa shape index (κ1) is 16.5. The van der Waals surface area contributed by atoms with Gasteiger partial charge in [-0.25, -0.2) is 0 Å². The standard InChI is InChI=1S/C15H28N4O/c1-3-11-17-15(16-4-2)18-12-10-14(20)19-13-8-6-5-7-9-13/h3,13H,1,4-12H2,2H3,(H,19,20)(H2,16,17,18). The Labute approximate surface area is 122 Å². The molecule has 1 saturated carbocycles. The van der Waals surface area contributed by atoms with Crippen LogP contribution in [-0.2, 0) is 4.79 Å². The van der Waals surface area contributed by atoms with Crippen LogP contribution >= 0.6 is 0 Å². The zero-order chi connectivity index (χ0) is 14.6. The van der Waals surface area contributed by atoms with Gasteiger partial charge in [0.05, 0.1) is 6.54 Å². The minimum absolute atomic E-state index is 0.111. The third-order valence-corrected chi connectivity index (χ3v) is 3.34. The Morgan fingerprint density at radius 2 is 2.05 bits per heavy atom. The molecule has 1 fully saturated rings. The number of amides is 1. The van der Waals surface area contributed by atoms with Gasteiger partial charge in [-0.2, -0.15) is 0 Å². The number of hydrogen-bond acceptors (Lipinski definition) is 2. The van der Waals surface area contributed by atoms with E-state index in [4.69, 9.17) is 0 Å². The molecular weight excluding hydrogens is 252 g/mol. The molecule has 0 spiro atoms. The molecule has 5 nitrogen and oxygen atoms in total. The Morgan fingerprint density at radius 3 is 2.70 bits per heavy atom. The molecular formula is C15H28N4O. The maximum Gasteiger partial charge on any atom is 0.222 e. The van der Waals surface area contributed by atoms with Gasteiger partial charge in [0.2, 0.25) is 5.91 Å². The number of guanidine groups is 1. The molecule has 1 rings (SSSR count). The third kappa shape index (κ3) is 7.16. The molecule has 0 aromatic carbocycles. The quantitative estimate of drug-likeness (QED) is 0.377. The van der Waals surface area contributed by atoms with Crippen molar-refractivity contribution in [2.24, 2.45) is 4.99 Å². The van der Waals surface area contributed by atoms with Gasteiger partial charge >= 0.3 is 0 Å². The van der Waals surface area contributed by atoms with Gasteiger partial charge in [0, 0.05) is 25.6 Å². The Balaban J connectivity index is 2.24. The molecule has 0 aromatic rings. The summed E-state index contributed by atoms with van der Waals surface area (Å²) >= 11 is 0. The predicted octanol–water partition coefficient (Wildman–Crippen LogP) is 1.57. The zero-order valence-electron chi connectivity index (χ0n) is 12.6. The van der Waals surface area contributed by atoms with Crippen molar-refractivity contribution in [3.63, 3.8) is 0 Å². The van der Waals surface area contributed by atoms with Crippen molar-refractivity contribution in [1.82, 2.24) is 16.0 Å². The van der Waals surface area contributed by atoms with Crippen LogP contribution in [0, 0.1) is 0 Å². The zero-order valence-corrected chi connectivity index (χ0v) is 12.6. The first-order chi connectivity index (χ1) is 9.76. The fourth-order valence-corrected chi connectivity index (χ4v) is 2.33. The van der Waals surface area contributed by atoms with Gasteiger partial charge in [-0.15, -0.1) is 6.58 Å². The number of nitrogens with one attached hydrogen (secondary N) is 3. The van der Waals surface area contributed by atoms with E-state index in [9.17, 15) is 4.79 Å². The van der Waals surface area contributed by atoms with E-state index in [1.165, 1.54) is 19.3 Å².